The molecule has 0 unspecified atom stereocenters. The Kier molecular flexibility index (Phi) is 5.40. The number of nitrogens with zero attached hydrogens (tertiary/aromatic N) is 1. The average molecular weight is 350 g/mol. The molecule has 26 heavy (non-hydrogen) atoms. The zero-order valence-corrected chi connectivity index (χ0v) is 15.7. The topological polar surface area (TPSA) is 49.4 Å². The van der Waals surface area contributed by atoms with Crippen molar-refractivity contribution in [2.75, 3.05) is 11.4 Å². The van der Waals surface area contributed by atoms with E-state index in [1.165, 1.54) is 11.1 Å². The van der Waals surface area contributed by atoms with Crippen LogP contribution in [0, 0.1) is 13.8 Å². The van der Waals surface area contributed by atoms with Crippen LogP contribution in [0.5, 0.6) is 0 Å². The maximum Gasteiger partial charge on any atom is 0.251 e. The summed E-state index contributed by atoms with van der Waals surface area (Å²) in [5, 5.41) is 3.13. The molecule has 0 saturated carbocycles. The third-order valence-corrected chi connectivity index (χ3v) is 5.14. The number of carbonyl (C=O) groups is 2. The van der Waals surface area contributed by atoms with Gasteiger partial charge in [0.05, 0.1) is 6.04 Å². The van der Waals surface area contributed by atoms with Gasteiger partial charge in [-0.1, -0.05) is 31.2 Å². The van der Waals surface area contributed by atoms with Crippen LogP contribution in [0.4, 0.5) is 5.69 Å². The zero-order valence-electron chi connectivity index (χ0n) is 15.7. The number of carbonyl (C=O) groups excluding carboxylic acids is 2. The molecule has 1 atom stereocenters. The Balaban J connectivity index is 1.78. The molecule has 4 heteroatoms. The Morgan fingerprint density at radius 2 is 1.96 bits per heavy atom. The van der Waals surface area contributed by atoms with Crippen LogP contribution < -0.4 is 10.2 Å². The fourth-order valence-electron chi connectivity index (χ4n) is 3.38. The van der Waals surface area contributed by atoms with Crippen LogP contribution in [0.15, 0.2) is 42.5 Å². The van der Waals surface area contributed by atoms with Gasteiger partial charge in [-0.25, -0.2) is 0 Å². The van der Waals surface area contributed by atoms with Gasteiger partial charge in [-0.15, -0.1) is 0 Å². The van der Waals surface area contributed by atoms with Crippen LogP contribution in [-0.4, -0.2) is 18.4 Å². The van der Waals surface area contributed by atoms with Gasteiger partial charge >= 0.3 is 0 Å². The number of benzene rings is 2. The van der Waals surface area contributed by atoms with Crippen LogP contribution >= 0.6 is 0 Å². The van der Waals surface area contributed by atoms with Crippen LogP contribution in [0.1, 0.15) is 59.3 Å². The predicted octanol–water partition coefficient (Wildman–Crippen LogP) is 4.31. The summed E-state index contributed by atoms with van der Waals surface area (Å²) in [7, 11) is 0. The minimum absolute atomic E-state index is 0.0288. The summed E-state index contributed by atoms with van der Waals surface area (Å²) in [5.74, 6) is 0.0210. The number of hydrogen-bond acceptors (Lipinski definition) is 2. The average Bonchev–Trinajstić information content (AvgIpc) is 3.08. The van der Waals surface area contributed by atoms with Crippen LogP contribution in [-0.2, 0) is 4.79 Å². The van der Waals surface area contributed by atoms with Gasteiger partial charge in [-0.2, -0.15) is 0 Å². The maximum atomic E-state index is 12.8. The summed E-state index contributed by atoms with van der Waals surface area (Å²) in [6, 6.07) is 13.6. The highest BCUT2D eigenvalue weighted by Gasteiger charge is 2.22. The molecule has 4 nitrogen and oxygen atoms in total. The summed E-state index contributed by atoms with van der Waals surface area (Å²) in [6.45, 7) is 6.97. The van der Waals surface area contributed by atoms with E-state index in [0.29, 0.717) is 12.0 Å². The quantitative estimate of drug-likeness (QED) is 0.873. The molecule has 1 N–H and O–H groups in total. The van der Waals surface area contributed by atoms with Crippen molar-refractivity contribution in [3.63, 3.8) is 0 Å². The van der Waals surface area contributed by atoms with Gasteiger partial charge < -0.3 is 10.2 Å². The first kappa shape index (κ1) is 18.2. The van der Waals surface area contributed by atoms with Crippen molar-refractivity contribution in [2.24, 2.45) is 0 Å². The highest BCUT2D eigenvalue weighted by atomic mass is 16.2. The van der Waals surface area contributed by atoms with E-state index in [2.05, 4.69) is 44.3 Å². The Morgan fingerprint density at radius 3 is 2.62 bits per heavy atom. The Hall–Kier alpha value is -2.62. The lowest BCUT2D eigenvalue weighted by Crippen LogP contribution is -2.29. The number of hydrogen-bond donors (Lipinski definition) is 1. The smallest absolute Gasteiger partial charge is 0.251 e. The van der Waals surface area contributed by atoms with Gasteiger partial charge in [0, 0.05) is 24.2 Å². The van der Waals surface area contributed by atoms with Crippen LogP contribution in [0.2, 0.25) is 0 Å². The summed E-state index contributed by atoms with van der Waals surface area (Å²) in [4.78, 5) is 26.5. The van der Waals surface area contributed by atoms with Gasteiger partial charge in [0.15, 0.2) is 0 Å². The van der Waals surface area contributed by atoms with Crippen molar-refractivity contribution in [2.45, 2.75) is 46.1 Å². The molecule has 1 heterocycles. The molecular formula is C22H26N2O2. The van der Waals surface area contributed by atoms with Crippen molar-refractivity contribution in [1.82, 2.24) is 5.32 Å². The van der Waals surface area contributed by atoms with Gasteiger partial charge in [0.25, 0.3) is 5.91 Å². The maximum absolute atomic E-state index is 12.8. The Labute approximate surface area is 155 Å². The molecular weight excluding hydrogens is 324 g/mol. The van der Waals surface area contributed by atoms with Crippen molar-refractivity contribution >= 4 is 17.5 Å². The lowest BCUT2D eigenvalue weighted by Gasteiger charge is -2.20. The summed E-state index contributed by atoms with van der Waals surface area (Å²) >= 11 is 0. The summed E-state index contributed by atoms with van der Waals surface area (Å²) in [6.07, 6.45) is 2.28. The van der Waals surface area contributed by atoms with Crippen molar-refractivity contribution < 1.29 is 9.59 Å². The van der Waals surface area contributed by atoms with E-state index in [0.717, 1.165) is 30.6 Å². The van der Waals surface area contributed by atoms with Crippen LogP contribution in [0.25, 0.3) is 0 Å². The first-order chi connectivity index (χ1) is 12.5. The molecule has 0 bridgehead atoms. The van der Waals surface area contributed by atoms with E-state index in [4.69, 9.17) is 0 Å². The van der Waals surface area contributed by atoms with Gasteiger partial charge in [-0.05, 0) is 61.6 Å². The third-order valence-electron chi connectivity index (χ3n) is 5.14. The molecule has 0 radical (unpaired) electrons. The van der Waals surface area contributed by atoms with Crippen molar-refractivity contribution in [3.8, 4) is 0 Å². The number of aryl methyl sites for hydroxylation is 2. The van der Waals surface area contributed by atoms with Crippen molar-refractivity contribution in [1.29, 1.82) is 0 Å². The molecule has 136 valence electrons. The van der Waals surface area contributed by atoms with E-state index in [1.54, 1.807) is 11.0 Å². The van der Waals surface area contributed by atoms with Crippen molar-refractivity contribution in [3.05, 3.63) is 64.7 Å². The SMILES string of the molecule is CC[C@H](NC(=O)c1cccc(N2CCCC2=O)c1)c1ccc(C)c(C)c1. The molecule has 1 aliphatic heterocycles. The molecule has 3 rings (SSSR count). The zero-order chi connectivity index (χ0) is 18.7. The Bertz CT molecular complexity index is 829. The fourth-order valence-corrected chi connectivity index (χ4v) is 3.38. The minimum atomic E-state index is -0.108. The third kappa shape index (κ3) is 3.79. The number of anilines is 1. The van der Waals surface area contributed by atoms with Gasteiger partial charge in [0.2, 0.25) is 5.91 Å². The number of nitrogens with one attached hydrogen (secondary N) is 1. The fraction of sp³-hybridized carbons (Fsp3) is 0.364. The second kappa shape index (κ2) is 7.73. The number of amides is 2. The monoisotopic (exact) mass is 350 g/mol. The van der Waals surface area contributed by atoms with E-state index >= 15 is 0 Å². The number of rotatable bonds is 5. The normalized spacial score (nSPS) is 15.2. The van der Waals surface area contributed by atoms with Gasteiger partial charge in [0.1, 0.15) is 0 Å². The first-order valence-electron chi connectivity index (χ1n) is 9.28. The van der Waals surface area contributed by atoms with E-state index in [-0.39, 0.29) is 17.9 Å². The summed E-state index contributed by atoms with van der Waals surface area (Å²) in [5.41, 5.74) is 4.99. The Morgan fingerprint density at radius 1 is 1.15 bits per heavy atom. The van der Waals surface area contributed by atoms with E-state index in [1.807, 2.05) is 18.2 Å². The molecule has 0 spiro atoms. The molecule has 0 aromatic heterocycles. The standard InChI is InChI=1S/C22H26N2O2/c1-4-20(17-11-10-15(2)16(3)13-17)23-22(26)18-7-5-8-19(14-18)24-12-6-9-21(24)25/h5,7-8,10-11,13-14,20H,4,6,9,12H2,1-3H3,(H,23,26)/t20-/m0/s1. The molecule has 2 aromatic carbocycles. The van der Waals surface area contributed by atoms with E-state index < -0.39 is 0 Å². The highest BCUT2D eigenvalue weighted by molar-refractivity contribution is 5.99. The molecule has 1 fully saturated rings. The minimum Gasteiger partial charge on any atom is -0.345 e. The molecule has 1 aliphatic rings. The summed E-state index contributed by atoms with van der Waals surface area (Å²) < 4.78 is 0. The highest BCUT2D eigenvalue weighted by Crippen LogP contribution is 2.24. The molecule has 1 saturated heterocycles. The second-order valence-electron chi connectivity index (χ2n) is 6.98. The predicted molar refractivity (Wildman–Crippen MR) is 104 cm³/mol. The van der Waals surface area contributed by atoms with Crippen LogP contribution in [0.3, 0.4) is 0 Å². The molecule has 2 aromatic rings. The second-order valence-corrected chi connectivity index (χ2v) is 6.98. The first-order valence-corrected chi connectivity index (χ1v) is 9.28. The molecule has 2 amide bonds. The lowest BCUT2D eigenvalue weighted by molar-refractivity contribution is -0.117. The largest absolute Gasteiger partial charge is 0.345 e. The van der Waals surface area contributed by atoms with Gasteiger partial charge in [-0.3, -0.25) is 9.59 Å². The molecule has 0 aliphatic carbocycles. The van der Waals surface area contributed by atoms with E-state index in [9.17, 15) is 9.59 Å². The lowest BCUT2D eigenvalue weighted by atomic mass is 9.99.